The minimum Gasteiger partial charge on any atom is -0.493 e. The van der Waals surface area contributed by atoms with E-state index in [1.165, 1.54) is 6.08 Å². The van der Waals surface area contributed by atoms with Crippen LogP contribution in [0.15, 0.2) is 36.2 Å². The fraction of sp³-hybridized carbons (Fsp3) is 0.278. The molecular formula is C18H20N4O3. The van der Waals surface area contributed by atoms with Crippen LogP contribution in [0.1, 0.15) is 11.1 Å². The van der Waals surface area contributed by atoms with Gasteiger partial charge < -0.3 is 14.8 Å². The van der Waals surface area contributed by atoms with Gasteiger partial charge in [-0.1, -0.05) is 6.07 Å². The molecule has 0 fully saturated rings. The highest BCUT2D eigenvalue weighted by Gasteiger charge is 2.10. The van der Waals surface area contributed by atoms with Gasteiger partial charge in [0.15, 0.2) is 11.5 Å². The van der Waals surface area contributed by atoms with E-state index in [0.717, 1.165) is 5.56 Å². The maximum Gasteiger partial charge on any atom is 0.261 e. The molecule has 1 heterocycles. The van der Waals surface area contributed by atoms with E-state index in [1.807, 2.05) is 24.3 Å². The molecule has 1 aromatic heterocycles. The Morgan fingerprint density at radius 1 is 1.36 bits per heavy atom. The molecule has 25 heavy (non-hydrogen) atoms. The molecular weight excluding hydrogens is 320 g/mol. The Kier molecular flexibility index (Phi) is 6.18. The minimum atomic E-state index is -0.410. The van der Waals surface area contributed by atoms with Gasteiger partial charge in [-0.3, -0.25) is 9.48 Å². The number of nitriles is 1. The minimum absolute atomic E-state index is 0.0420. The first kappa shape index (κ1) is 18.1. The number of hydrogen-bond donors (Lipinski definition) is 1. The number of carbonyl (C=O) groups is 1. The van der Waals surface area contributed by atoms with Crippen molar-refractivity contribution < 1.29 is 14.3 Å². The van der Waals surface area contributed by atoms with Crippen molar-refractivity contribution in [3.63, 3.8) is 0 Å². The van der Waals surface area contributed by atoms with Crippen LogP contribution in [0.3, 0.4) is 0 Å². The van der Waals surface area contributed by atoms with Crippen LogP contribution in [0.4, 0.5) is 0 Å². The van der Waals surface area contributed by atoms with Crippen LogP contribution in [-0.2, 0) is 18.3 Å². The Morgan fingerprint density at radius 2 is 2.12 bits per heavy atom. The molecule has 7 heteroatoms. The van der Waals surface area contributed by atoms with Crippen molar-refractivity contribution in [2.45, 2.75) is 6.42 Å². The molecule has 130 valence electrons. The quantitative estimate of drug-likeness (QED) is 0.612. The molecule has 0 saturated heterocycles. The molecule has 0 unspecified atom stereocenters. The highest BCUT2D eigenvalue weighted by atomic mass is 16.5. The average Bonchev–Trinajstić information content (AvgIpc) is 3.04. The number of carbonyl (C=O) groups excluding carboxylic acids is 1. The van der Waals surface area contributed by atoms with E-state index in [2.05, 4.69) is 10.4 Å². The topological polar surface area (TPSA) is 89.2 Å². The number of methoxy groups -OCH3 is 2. The van der Waals surface area contributed by atoms with Gasteiger partial charge in [0.2, 0.25) is 0 Å². The first-order valence-corrected chi connectivity index (χ1v) is 7.67. The van der Waals surface area contributed by atoms with E-state index in [1.54, 1.807) is 38.3 Å². The van der Waals surface area contributed by atoms with Crippen molar-refractivity contribution in [3.05, 3.63) is 47.3 Å². The molecule has 0 saturated carbocycles. The predicted octanol–water partition coefficient (Wildman–Crippen LogP) is 1.70. The van der Waals surface area contributed by atoms with Crippen LogP contribution in [0.25, 0.3) is 6.08 Å². The molecule has 1 aromatic carbocycles. The summed E-state index contributed by atoms with van der Waals surface area (Å²) in [5, 5.41) is 15.9. The van der Waals surface area contributed by atoms with Crippen molar-refractivity contribution in [2.75, 3.05) is 20.8 Å². The van der Waals surface area contributed by atoms with Crippen LogP contribution < -0.4 is 14.8 Å². The Labute approximate surface area is 146 Å². The summed E-state index contributed by atoms with van der Waals surface area (Å²) in [7, 11) is 4.92. The molecule has 0 bridgehead atoms. The molecule has 0 atom stereocenters. The van der Waals surface area contributed by atoms with E-state index in [0.29, 0.717) is 30.0 Å². The average molecular weight is 340 g/mol. The molecule has 2 rings (SSSR count). The Hall–Kier alpha value is -3.27. The van der Waals surface area contributed by atoms with Crippen LogP contribution in [0.5, 0.6) is 11.5 Å². The summed E-state index contributed by atoms with van der Waals surface area (Å²) < 4.78 is 12.1. The molecule has 0 aliphatic rings. The van der Waals surface area contributed by atoms with Crippen molar-refractivity contribution in [3.8, 4) is 17.6 Å². The fourth-order valence-corrected chi connectivity index (χ4v) is 2.28. The van der Waals surface area contributed by atoms with E-state index in [9.17, 15) is 10.1 Å². The normalized spacial score (nSPS) is 10.9. The predicted molar refractivity (Wildman–Crippen MR) is 93.1 cm³/mol. The number of aromatic nitrogens is 2. The van der Waals surface area contributed by atoms with Gasteiger partial charge in [0.25, 0.3) is 5.91 Å². The highest BCUT2D eigenvalue weighted by Crippen LogP contribution is 2.27. The molecule has 2 aromatic rings. The molecule has 7 nitrogen and oxygen atoms in total. The molecule has 0 aliphatic heterocycles. The summed E-state index contributed by atoms with van der Waals surface area (Å²) in [5.74, 6) is 0.883. The summed E-state index contributed by atoms with van der Waals surface area (Å²) in [6.07, 6.45) is 5.44. The van der Waals surface area contributed by atoms with E-state index in [-0.39, 0.29) is 5.57 Å². The van der Waals surface area contributed by atoms with Crippen molar-refractivity contribution in [2.24, 2.45) is 7.05 Å². The Balaban J connectivity index is 1.95. The monoisotopic (exact) mass is 340 g/mol. The van der Waals surface area contributed by atoms with E-state index in [4.69, 9.17) is 9.47 Å². The maximum absolute atomic E-state index is 12.1. The van der Waals surface area contributed by atoms with Crippen LogP contribution in [0.2, 0.25) is 0 Å². The summed E-state index contributed by atoms with van der Waals surface area (Å²) in [6.45, 7) is 0.403. The van der Waals surface area contributed by atoms with E-state index >= 15 is 0 Å². The fourth-order valence-electron chi connectivity index (χ4n) is 2.28. The summed E-state index contributed by atoms with van der Waals surface area (Å²) in [4.78, 5) is 12.1. The van der Waals surface area contributed by atoms with Gasteiger partial charge in [-0.05, 0) is 30.2 Å². The molecule has 0 aliphatic carbocycles. The maximum atomic E-state index is 12.1. The molecule has 0 spiro atoms. The largest absolute Gasteiger partial charge is 0.493 e. The third kappa shape index (κ3) is 4.85. The summed E-state index contributed by atoms with van der Waals surface area (Å²) in [6, 6.07) is 7.51. The van der Waals surface area contributed by atoms with Gasteiger partial charge in [0, 0.05) is 25.4 Å². The Bertz CT molecular complexity index is 818. The second-order valence-corrected chi connectivity index (χ2v) is 5.31. The number of hydrogen-bond acceptors (Lipinski definition) is 5. The standard InChI is InChI=1S/C18H20N4O3/c1-22-12-14(11-21-22)8-15(10-19)18(23)20-7-6-13-4-5-16(24-2)17(9-13)25-3/h4-5,8-9,11-12H,6-7H2,1-3H3,(H,20,23). The van der Waals surface area contributed by atoms with Crippen molar-refractivity contribution in [1.82, 2.24) is 15.1 Å². The zero-order valence-electron chi connectivity index (χ0n) is 14.4. The Morgan fingerprint density at radius 3 is 2.72 bits per heavy atom. The number of aryl methyl sites for hydroxylation is 1. The van der Waals surface area contributed by atoms with Gasteiger partial charge >= 0.3 is 0 Å². The first-order chi connectivity index (χ1) is 12.1. The SMILES string of the molecule is COc1ccc(CCNC(=O)C(C#N)=Cc2cnn(C)c2)cc1OC. The third-order valence-corrected chi connectivity index (χ3v) is 3.55. The lowest BCUT2D eigenvalue weighted by atomic mass is 10.1. The van der Waals surface area contributed by atoms with Gasteiger partial charge in [0.05, 0.1) is 20.4 Å². The van der Waals surface area contributed by atoms with E-state index < -0.39 is 5.91 Å². The van der Waals surface area contributed by atoms with Crippen molar-refractivity contribution >= 4 is 12.0 Å². The van der Waals surface area contributed by atoms with Gasteiger partial charge in [-0.25, -0.2) is 0 Å². The molecule has 0 radical (unpaired) electrons. The number of benzene rings is 1. The van der Waals surface area contributed by atoms with Gasteiger partial charge in [-0.15, -0.1) is 0 Å². The lowest BCUT2D eigenvalue weighted by molar-refractivity contribution is -0.117. The lowest BCUT2D eigenvalue weighted by Gasteiger charge is -2.10. The third-order valence-electron chi connectivity index (χ3n) is 3.55. The lowest BCUT2D eigenvalue weighted by Crippen LogP contribution is -2.26. The van der Waals surface area contributed by atoms with Crippen molar-refractivity contribution in [1.29, 1.82) is 5.26 Å². The second-order valence-electron chi connectivity index (χ2n) is 5.31. The van der Waals surface area contributed by atoms with Gasteiger partial charge in [-0.2, -0.15) is 10.4 Å². The number of rotatable bonds is 7. The van der Waals surface area contributed by atoms with Crippen LogP contribution in [-0.4, -0.2) is 36.5 Å². The number of nitrogens with one attached hydrogen (secondary N) is 1. The van der Waals surface area contributed by atoms with Gasteiger partial charge in [0.1, 0.15) is 11.6 Å². The smallest absolute Gasteiger partial charge is 0.261 e. The van der Waals surface area contributed by atoms with Crippen LogP contribution >= 0.6 is 0 Å². The zero-order valence-corrected chi connectivity index (χ0v) is 14.4. The summed E-state index contributed by atoms with van der Waals surface area (Å²) in [5.41, 5.74) is 1.74. The number of nitrogens with zero attached hydrogens (tertiary/aromatic N) is 3. The molecule has 1 amide bonds. The highest BCUT2D eigenvalue weighted by molar-refractivity contribution is 6.01. The second kappa shape index (κ2) is 8.55. The van der Waals surface area contributed by atoms with Crippen LogP contribution in [0, 0.1) is 11.3 Å². The number of amides is 1. The summed E-state index contributed by atoms with van der Waals surface area (Å²) >= 11 is 0. The zero-order chi connectivity index (χ0) is 18.2. The first-order valence-electron chi connectivity index (χ1n) is 7.67. The molecule has 1 N–H and O–H groups in total. The number of ether oxygens (including phenoxy) is 2.